The van der Waals surface area contributed by atoms with Crippen molar-refractivity contribution in [1.82, 2.24) is 0 Å². The minimum Gasteiger partial charge on any atom is -0.0891 e. The van der Waals surface area contributed by atoms with Crippen LogP contribution in [0.25, 0.3) is 0 Å². The van der Waals surface area contributed by atoms with Crippen LogP contribution in [0.1, 0.15) is 77.0 Å². The zero-order chi connectivity index (χ0) is 11.3. The highest BCUT2D eigenvalue weighted by Crippen LogP contribution is 2.11. The van der Waals surface area contributed by atoms with Gasteiger partial charge in [-0.1, -0.05) is 63.2 Å². The Bertz CT molecular complexity index is 236. The van der Waals surface area contributed by atoms with Crippen molar-refractivity contribution in [3.05, 3.63) is 0 Å². The third-order valence-corrected chi connectivity index (χ3v) is 3.09. The van der Waals surface area contributed by atoms with Crippen molar-refractivity contribution in [3.8, 4) is 23.7 Å². The third-order valence-electron chi connectivity index (χ3n) is 3.09. The van der Waals surface area contributed by atoms with Crippen LogP contribution in [0.3, 0.4) is 0 Å². The van der Waals surface area contributed by atoms with Gasteiger partial charge in [0, 0.05) is 12.8 Å². The highest BCUT2D eigenvalue weighted by molar-refractivity contribution is 5.25. The van der Waals surface area contributed by atoms with Crippen LogP contribution in [-0.4, -0.2) is 0 Å². The minimum atomic E-state index is 1.04. The van der Waals surface area contributed by atoms with Crippen molar-refractivity contribution in [1.29, 1.82) is 0 Å². The van der Waals surface area contributed by atoms with Gasteiger partial charge in [0.25, 0.3) is 0 Å². The number of hydrogen-bond acceptors (Lipinski definition) is 0. The maximum Gasteiger partial charge on any atom is 0.00989 e. The third kappa shape index (κ3) is 8.43. The minimum absolute atomic E-state index is 1.04. The molecule has 0 spiro atoms. The highest BCUT2D eigenvalue weighted by Gasteiger charge is 1.92. The summed E-state index contributed by atoms with van der Waals surface area (Å²) < 4.78 is 0. The normalized spacial score (nSPS) is 20.0. The van der Waals surface area contributed by atoms with Gasteiger partial charge in [0.1, 0.15) is 0 Å². The van der Waals surface area contributed by atoms with E-state index in [-0.39, 0.29) is 0 Å². The summed E-state index contributed by atoms with van der Waals surface area (Å²) in [5.74, 6) is 12.2. The smallest absolute Gasteiger partial charge is 0.00989 e. The van der Waals surface area contributed by atoms with Crippen molar-refractivity contribution in [3.63, 3.8) is 0 Å². The van der Waals surface area contributed by atoms with Gasteiger partial charge in [0.2, 0.25) is 0 Å². The lowest BCUT2D eigenvalue weighted by molar-refractivity contribution is 0.555. The molecular weight excluding hydrogens is 192 g/mol. The molecule has 0 radical (unpaired) electrons. The summed E-state index contributed by atoms with van der Waals surface area (Å²) in [5.41, 5.74) is 0. The van der Waals surface area contributed by atoms with Gasteiger partial charge in [-0.3, -0.25) is 0 Å². The van der Waals surface area contributed by atoms with Crippen LogP contribution in [0.2, 0.25) is 0 Å². The predicted molar refractivity (Wildman–Crippen MR) is 71.0 cm³/mol. The van der Waals surface area contributed by atoms with E-state index in [0.29, 0.717) is 0 Å². The molecular formula is C16H24. The van der Waals surface area contributed by atoms with Gasteiger partial charge in [-0.2, -0.15) is 0 Å². The maximum absolute atomic E-state index is 3.14. The van der Waals surface area contributed by atoms with Crippen LogP contribution in [-0.2, 0) is 0 Å². The van der Waals surface area contributed by atoms with Gasteiger partial charge in [-0.15, -0.1) is 0 Å². The van der Waals surface area contributed by atoms with Crippen molar-refractivity contribution in [2.75, 3.05) is 0 Å². The van der Waals surface area contributed by atoms with Crippen LogP contribution < -0.4 is 0 Å². The SMILES string of the molecule is C1#CCCCCCCCCCCCCC#C1. The first-order valence-electron chi connectivity index (χ1n) is 6.96. The molecule has 0 heterocycles. The summed E-state index contributed by atoms with van der Waals surface area (Å²) in [6, 6.07) is 0. The van der Waals surface area contributed by atoms with Crippen LogP contribution in [0, 0.1) is 23.7 Å². The first-order chi connectivity index (χ1) is 8.00. The summed E-state index contributed by atoms with van der Waals surface area (Å²) in [6.45, 7) is 0. The fourth-order valence-corrected chi connectivity index (χ4v) is 2.05. The summed E-state index contributed by atoms with van der Waals surface area (Å²) in [4.78, 5) is 0. The Morgan fingerprint density at radius 1 is 0.375 bits per heavy atom. The van der Waals surface area contributed by atoms with Gasteiger partial charge in [-0.25, -0.2) is 0 Å². The second kappa shape index (κ2) is 10.6. The molecule has 0 saturated carbocycles. The zero-order valence-electron chi connectivity index (χ0n) is 10.5. The van der Waals surface area contributed by atoms with E-state index in [0.717, 1.165) is 12.8 Å². The lowest BCUT2D eigenvalue weighted by Crippen LogP contribution is -1.82. The van der Waals surface area contributed by atoms with E-state index in [9.17, 15) is 0 Å². The van der Waals surface area contributed by atoms with Crippen LogP contribution in [0.5, 0.6) is 0 Å². The fraction of sp³-hybridized carbons (Fsp3) is 0.750. The van der Waals surface area contributed by atoms with E-state index in [1.54, 1.807) is 0 Å². The standard InChI is InChI=1S/C16H24/c1-2-4-6-8-10-12-14-16-15-13-11-9-7-5-3-1/h1-12H2. The molecule has 0 saturated heterocycles. The Labute approximate surface area is 101 Å². The van der Waals surface area contributed by atoms with Crippen LogP contribution >= 0.6 is 0 Å². The maximum atomic E-state index is 3.14. The monoisotopic (exact) mass is 216 g/mol. The molecule has 1 aliphatic rings. The average molecular weight is 216 g/mol. The Morgan fingerprint density at radius 3 is 1.06 bits per heavy atom. The molecule has 0 aromatic heterocycles. The lowest BCUT2D eigenvalue weighted by atomic mass is 10.1. The average Bonchev–Trinajstić information content (AvgIpc) is 2.29. The van der Waals surface area contributed by atoms with E-state index in [2.05, 4.69) is 23.7 Å². The Morgan fingerprint density at radius 2 is 0.688 bits per heavy atom. The topological polar surface area (TPSA) is 0 Å². The summed E-state index contributed by atoms with van der Waals surface area (Å²) in [5, 5.41) is 0. The van der Waals surface area contributed by atoms with Crippen molar-refractivity contribution in [2.24, 2.45) is 0 Å². The van der Waals surface area contributed by atoms with Gasteiger partial charge in [-0.05, 0) is 24.7 Å². The van der Waals surface area contributed by atoms with Crippen LogP contribution in [0.4, 0.5) is 0 Å². The summed E-state index contributed by atoms with van der Waals surface area (Å²) >= 11 is 0. The van der Waals surface area contributed by atoms with Gasteiger partial charge in [0.15, 0.2) is 0 Å². The molecule has 1 aliphatic carbocycles. The molecule has 0 aliphatic heterocycles. The first-order valence-corrected chi connectivity index (χ1v) is 6.96. The molecule has 0 N–H and O–H groups in total. The molecule has 0 heteroatoms. The van der Waals surface area contributed by atoms with Gasteiger partial charge < -0.3 is 0 Å². The predicted octanol–water partition coefficient (Wildman–Crippen LogP) is 4.69. The first kappa shape index (κ1) is 13.2. The van der Waals surface area contributed by atoms with Crippen molar-refractivity contribution < 1.29 is 0 Å². The molecule has 1 rings (SSSR count). The molecule has 0 amide bonds. The molecule has 0 unspecified atom stereocenters. The molecule has 16 heavy (non-hydrogen) atoms. The van der Waals surface area contributed by atoms with E-state index in [1.165, 1.54) is 64.2 Å². The second-order valence-corrected chi connectivity index (χ2v) is 4.64. The molecule has 0 atom stereocenters. The molecule has 0 bridgehead atoms. The molecule has 0 aromatic rings. The largest absolute Gasteiger partial charge is 0.0891 e. The van der Waals surface area contributed by atoms with E-state index in [4.69, 9.17) is 0 Å². The van der Waals surface area contributed by atoms with E-state index < -0.39 is 0 Å². The van der Waals surface area contributed by atoms with Gasteiger partial charge in [0.05, 0.1) is 0 Å². The molecule has 0 nitrogen and oxygen atoms in total. The molecule has 0 aromatic carbocycles. The Hall–Kier alpha value is -0.880. The van der Waals surface area contributed by atoms with E-state index in [1.807, 2.05) is 0 Å². The highest BCUT2D eigenvalue weighted by atomic mass is 14.0. The lowest BCUT2D eigenvalue weighted by Gasteiger charge is -2.01. The number of hydrogen-bond donors (Lipinski definition) is 0. The zero-order valence-corrected chi connectivity index (χ0v) is 10.5. The fourth-order valence-electron chi connectivity index (χ4n) is 2.05. The molecule has 0 fully saturated rings. The quantitative estimate of drug-likeness (QED) is 0.515. The molecule has 88 valence electrons. The summed E-state index contributed by atoms with van der Waals surface area (Å²) in [6.07, 6.45) is 15.8. The van der Waals surface area contributed by atoms with Gasteiger partial charge >= 0.3 is 0 Å². The van der Waals surface area contributed by atoms with E-state index >= 15 is 0 Å². The summed E-state index contributed by atoms with van der Waals surface area (Å²) in [7, 11) is 0. The van der Waals surface area contributed by atoms with Crippen molar-refractivity contribution in [2.45, 2.75) is 77.0 Å². The van der Waals surface area contributed by atoms with Crippen LogP contribution in [0.15, 0.2) is 0 Å². The Balaban J connectivity index is 2.21. The number of rotatable bonds is 0. The van der Waals surface area contributed by atoms with Crippen molar-refractivity contribution >= 4 is 0 Å². The second-order valence-electron chi connectivity index (χ2n) is 4.64. The Kier molecular flexibility index (Phi) is 8.76.